The number of amides is 1. The fraction of sp³-hybridized carbons (Fsp3) is 0.350. The van der Waals surface area contributed by atoms with Crippen molar-refractivity contribution >= 4 is 17.3 Å². The standard InChI is InChI=1S/C20H22F3N3O/c21-20(22,23)15-7-5-14(6-8-15)13-19(27)26-11-9-16(10-12-26)25-18-4-2-1-3-17(18)24/h1-8,16,25H,9-13,24H2. The lowest BCUT2D eigenvalue weighted by molar-refractivity contribution is -0.137. The maximum absolute atomic E-state index is 12.6. The summed E-state index contributed by atoms with van der Waals surface area (Å²) in [5.41, 5.74) is 7.41. The summed E-state index contributed by atoms with van der Waals surface area (Å²) < 4.78 is 37.8. The van der Waals surface area contributed by atoms with Gasteiger partial charge in [-0.05, 0) is 42.7 Å². The number of piperidine rings is 1. The first-order chi connectivity index (χ1) is 12.8. The molecule has 0 unspecified atom stereocenters. The number of halogens is 3. The van der Waals surface area contributed by atoms with E-state index in [-0.39, 0.29) is 18.4 Å². The summed E-state index contributed by atoms with van der Waals surface area (Å²) in [5.74, 6) is -0.0626. The van der Waals surface area contributed by atoms with Crippen LogP contribution in [0.5, 0.6) is 0 Å². The van der Waals surface area contributed by atoms with Crippen molar-refractivity contribution in [3.8, 4) is 0 Å². The number of hydrogen-bond donors (Lipinski definition) is 2. The van der Waals surface area contributed by atoms with Gasteiger partial charge in [0.2, 0.25) is 5.91 Å². The highest BCUT2D eigenvalue weighted by Crippen LogP contribution is 2.29. The van der Waals surface area contributed by atoms with Gasteiger partial charge < -0.3 is 16.0 Å². The van der Waals surface area contributed by atoms with Gasteiger partial charge in [0.1, 0.15) is 0 Å². The third-order valence-electron chi connectivity index (χ3n) is 4.80. The number of anilines is 2. The molecule has 1 saturated heterocycles. The SMILES string of the molecule is Nc1ccccc1NC1CCN(C(=O)Cc2ccc(C(F)(F)F)cc2)CC1. The minimum absolute atomic E-state index is 0.0626. The average Bonchev–Trinajstić information content (AvgIpc) is 2.64. The Balaban J connectivity index is 1.50. The molecule has 0 saturated carbocycles. The Labute approximate surface area is 156 Å². The molecule has 1 amide bonds. The molecular formula is C20H22F3N3O. The Kier molecular flexibility index (Phi) is 5.58. The van der Waals surface area contributed by atoms with E-state index in [0.29, 0.717) is 24.3 Å². The van der Waals surface area contributed by atoms with Crippen molar-refractivity contribution in [1.29, 1.82) is 0 Å². The number of nitrogen functional groups attached to an aromatic ring is 1. The first-order valence-corrected chi connectivity index (χ1v) is 8.88. The zero-order valence-electron chi connectivity index (χ0n) is 14.8. The summed E-state index contributed by atoms with van der Waals surface area (Å²) in [5, 5.41) is 3.41. The van der Waals surface area contributed by atoms with Crippen LogP contribution in [0, 0.1) is 0 Å². The molecular weight excluding hydrogens is 355 g/mol. The van der Waals surface area contributed by atoms with Gasteiger partial charge in [-0.2, -0.15) is 13.2 Å². The average molecular weight is 377 g/mol. The lowest BCUT2D eigenvalue weighted by Gasteiger charge is -2.33. The van der Waals surface area contributed by atoms with E-state index in [4.69, 9.17) is 5.73 Å². The van der Waals surface area contributed by atoms with Gasteiger partial charge in [-0.1, -0.05) is 24.3 Å². The second-order valence-electron chi connectivity index (χ2n) is 6.76. The van der Waals surface area contributed by atoms with E-state index in [9.17, 15) is 18.0 Å². The monoisotopic (exact) mass is 377 g/mol. The number of hydrogen-bond acceptors (Lipinski definition) is 3. The zero-order valence-corrected chi connectivity index (χ0v) is 14.8. The Morgan fingerprint density at radius 2 is 1.70 bits per heavy atom. The van der Waals surface area contributed by atoms with Crippen LogP contribution in [0.25, 0.3) is 0 Å². The van der Waals surface area contributed by atoms with Crippen LogP contribution >= 0.6 is 0 Å². The second-order valence-corrected chi connectivity index (χ2v) is 6.76. The minimum Gasteiger partial charge on any atom is -0.397 e. The zero-order chi connectivity index (χ0) is 19.4. The third-order valence-corrected chi connectivity index (χ3v) is 4.80. The van der Waals surface area contributed by atoms with Gasteiger partial charge in [-0.15, -0.1) is 0 Å². The Hall–Kier alpha value is -2.70. The smallest absolute Gasteiger partial charge is 0.397 e. The highest BCUT2D eigenvalue weighted by molar-refractivity contribution is 5.79. The molecule has 1 heterocycles. The summed E-state index contributed by atoms with van der Waals surface area (Å²) in [6.45, 7) is 1.23. The van der Waals surface area contributed by atoms with Crippen LogP contribution in [0.4, 0.5) is 24.5 Å². The van der Waals surface area contributed by atoms with Crippen molar-refractivity contribution in [3.05, 3.63) is 59.7 Å². The molecule has 2 aromatic rings. The highest BCUT2D eigenvalue weighted by Gasteiger charge is 2.30. The molecule has 3 N–H and O–H groups in total. The maximum atomic E-state index is 12.6. The number of carbonyl (C=O) groups excluding carboxylic acids is 1. The van der Waals surface area contributed by atoms with E-state index in [1.54, 1.807) is 4.90 Å². The van der Waals surface area contributed by atoms with Crippen LogP contribution in [-0.4, -0.2) is 29.9 Å². The molecule has 3 rings (SSSR count). The van der Waals surface area contributed by atoms with Crippen molar-refractivity contribution in [3.63, 3.8) is 0 Å². The van der Waals surface area contributed by atoms with Gasteiger partial charge in [0, 0.05) is 19.1 Å². The molecule has 144 valence electrons. The molecule has 4 nitrogen and oxygen atoms in total. The molecule has 0 radical (unpaired) electrons. The Morgan fingerprint density at radius 1 is 1.07 bits per heavy atom. The molecule has 0 aromatic heterocycles. The van der Waals surface area contributed by atoms with Gasteiger partial charge >= 0.3 is 6.18 Å². The first-order valence-electron chi connectivity index (χ1n) is 8.88. The molecule has 1 aliphatic heterocycles. The fourth-order valence-corrected chi connectivity index (χ4v) is 3.22. The number of rotatable bonds is 4. The first kappa shape index (κ1) is 19.1. The molecule has 27 heavy (non-hydrogen) atoms. The van der Waals surface area contributed by atoms with Crippen LogP contribution in [0.15, 0.2) is 48.5 Å². The quantitative estimate of drug-likeness (QED) is 0.794. The number of para-hydroxylation sites is 2. The highest BCUT2D eigenvalue weighted by atomic mass is 19.4. The van der Waals surface area contributed by atoms with Crippen molar-refractivity contribution in [2.75, 3.05) is 24.1 Å². The molecule has 0 atom stereocenters. The van der Waals surface area contributed by atoms with Crippen LogP contribution in [0.1, 0.15) is 24.0 Å². The van der Waals surface area contributed by atoms with Crippen molar-refractivity contribution < 1.29 is 18.0 Å². The van der Waals surface area contributed by atoms with E-state index in [1.165, 1.54) is 12.1 Å². The summed E-state index contributed by atoms with van der Waals surface area (Å²) in [6.07, 6.45) is -2.65. The molecule has 0 bridgehead atoms. The normalized spacial score (nSPS) is 15.6. The van der Waals surface area contributed by atoms with Crippen molar-refractivity contribution in [2.24, 2.45) is 0 Å². The van der Waals surface area contributed by atoms with Crippen LogP contribution in [0.3, 0.4) is 0 Å². The Bertz CT molecular complexity index is 782. The minimum atomic E-state index is -4.36. The number of alkyl halides is 3. The maximum Gasteiger partial charge on any atom is 0.416 e. The van der Waals surface area contributed by atoms with E-state index in [2.05, 4.69) is 5.32 Å². The summed E-state index contributed by atoms with van der Waals surface area (Å²) in [6, 6.07) is 12.6. The van der Waals surface area contributed by atoms with Gasteiger partial charge in [0.05, 0.1) is 23.4 Å². The van der Waals surface area contributed by atoms with Crippen LogP contribution in [-0.2, 0) is 17.4 Å². The van der Waals surface area contributed by atoms with E-state index >= 15 is 0 Å². The van der Waals surface area contributed by atoms with E-state index in [0.717, 1.165) is 30.7 Å². The van der Waals surface area contributed by atoms with Crippen molar-refractivity contribution in [2.45, 2.75) is 31.5 Å². The lowest BCUT2D eigenvalue weighted by atomic mass is 10.0. The third kappa shape index (κ3) is 4.93. The van der Waals surface area contributed by atoms with Gasteiger partial charge in [0.25, 0.3) is 0 Å². The predicted molar refractivity (Wildman–Crippen MR) is 99.2 cm³/mol. The molecule has 7 heteroatoms. The fourth-order valence-electron chi connectivity index (χ4n) is 3.22. The molecule has 2 aromatic carbocycles. The number of nitrogens with zero attached hydrogens (tertiary/aromatic N) is 1. The number of nitrogens with two attached hydrogens (primary N) is 1. The molecule has 1 aliphatic rings. The summed E-state index contributed by atoms with van der Waals surface area (Å²) in [4.78, 5) is 14.2. The van der Waals surface area contributed by atoms with Crippen molar-refractivity contribution in [1.82, 2.24) is 4.90 Å². The number of nitrogens with one attached hydrogen (secondary N) is 1. The number of carbonyl (C=O) groups is 1. The number of benzene rings is 2. The molecule has 0 aliphatic carbocycles. The second kappa shape index (κ2) is 7.90. The van der Waals surface area contributed by atoms with Gasteiger partial charge in [-0.3, -0.25) is 4.79 Å². The lowest BCUT2D eigenvalue weighted by Crippen LogP contribution is -2.43. The van der Waals surface area contributed by atoms with Crippen LogP contribution < -0.4 is 11.1 Å². The number of likely N-dealkylation sites (tertiary alicyclic amines) is 1. The Morgan fingerprint density at radius 3 is 2.30 bits per heavy atom. The van der Waals surface area contributed by atoms with E-state index in [1.807, 2.05) is 24.3 Å². The van der Waals surface area contributed by atoms with Gasteiger partial charge in [-0.25, -0.2) is 0 Å². The summed E-state index contributed by atoms with van der Waals surface area (Å²) >= 11 is 0. The van der Waals surface area contributed by atoms with E-state index < -0.39 is 11.7 Å². The predicted octanol–water partition coefficient (Wildman–Crippen LogP) is 3.93. The van der Waals surface area contributed by atoms with Gasteiger partial charge in [0.15, 0.2) is 0 Å². The molecule has 0 spiro atoms. The topological polar surface area (TPSA) is 58.4 Å². The van der Waals surface area contributed by atoms with Crippen LogP contribution in [0.2, 0.25) is 0 Å². The summed E-state index contributed by atoms with van der Waals surface area (Å²) in [7, 11) is 0. The largest absolute Gasteiger partial charge is 0.416 e. The molecule has 1 fully saturated rings.